The Balaban J connectivity index is 0.00000110. The molecule has 0 aliphatic heterocycles. The van der Waals surface area contributed by atoms with Gasteiger partial charge in [-0.3, -0.25) is 9.59 Å². The number of aliphatic hydroxyl groups is 1. The standard InChI is InChI=1S/C15H13NO3.K.H/c17-8-12-14(18)6-9(7-15(12)19)10-2-1-3-13-11(10)4-5-16-13;;/h1-5,8-9,16-17H,6-7H2;;/q;+1;-1. The molecule has 1 aliphatic rings. The van der Waals surface area contributed by atoms with Crippen LogP contribution in [0.2, 0.25) is 0 Å². The normalized spacial score (nSPS) is 19.0. The second-order valence-corrected chi connectivity index (χ2v) is 4.78. The van der Waals surface area contributed by atoms with E-state index in [0.717, 1.165) is 16.5 Å². The number of allylic oxidation sites excluding steroid dienone is 1. The fraction of sp³-hybridized carbons (Fsp3) is 0.200. The molecule has 0 radical (unpaired) electrons. The van der Waals surface area contributed by atoms with Gasteiger partial charge in [0.1, 0.15) is 0 Å². The van der Waals surface area contributed by atoms with Crippen LogP contribution in [0, 0.1) is 0 Å². The zero-order chi connectivity index (χ0) is 13.4. The predicted octanol–water partition coefficient (Wildman–Crippen LogP) is -0.258. The molecule has 98 valence electrons. The molecule has 1 aromatic carbocycles. The van der Waals surface area contributed by atoms with Gasteiger partial charge in [-0.1, -0.05) is 12.1 Å². The van der Waals surface area contributed by atoms with E-state index in [1.807, 2.05) is 30.5 Å². The van der Waals surface area contributed by atoms with Crippen molar-refractivity contribution >= 4 is 22.5 Å². The summed E-state index contributed by atoms with van der Waals surface area (Å²) in [6.07, 6.45) is 3.02. The van der Waals surface area contributed by atoms with Crippen LogP contribution in [0.25, 0.3) is 10.9 Å². The van der Waals surface area contributed by atoms with Crippen LogP contribution in [-0.2, 0) is 9.59 Å². The summed E-state index contributed by atoms with van der Waals surface area (Å²) in [6.45, 7) is 0. The number of aromatic nitrogens is 1. The van der Waals surface area contributed by atoms with E-state index in [4.69, 9.17) is 5.11 Å². The fourth-order valence-electron chi connectivity index (χ4n) is 2.72. The SMILES string of the molecule is O=C1CC(c2cccc3[nH]ccc23)CC(=O)C1=CO.[H-].[K+]. The number of Topliss-reactive ketones (excluding diaryl/α,β-unsaturated/α-hetero) is 2. The average Bonchev–Trinajstić information content (AvgIpc) is 2.86. The topological polar surface area (TPSA) is 70.2 Å². The van der Waals surface area contributed by atoms with Crippen molar-refractivity contribution in [2.45, 2.75) is 18.8 Å². The molecule has 0 bridgehead atoms. The Morgan fingerprint density at radius 1 is 1.20 bits per heavy atom. The molecule has 1 fully saturated rings. The first-order chi connectivity index (χ1) is 9.20. The Hall–Kier alpha value is -0.724. The Morgan fingerprint density at radius 3 is 2.55 bits per heavy atom. The minimum absolute atomic E-state index is 0. The quantitative estimate of drug-likeness (QED) is 0.330. The molecule has 2 N–H and O–H groups in total. The summed E-state index contributed by atoms with van der Waals surface area (Å²) >= 11 is 0. The summed E-state index contributed by atoms with van der Waals surface area (Å²) in [5.41, 5.74) is 1.94. The molecule has 0 unspecified atom stereocenters. The zero-order valence-electron chi connectivity index (χ0n) is 12.2. The number of rotatable bonds is 1. The Bertz CT molecular complexity index is 688. The van der Waals surface area contributed by atoms with E-state index in [1.54, 1.807) is 0 Å². The van der Waals surface area contributed by atoms with Gasteiger partial charge in [0.05, 0.1) is 11.8 Å². The minimum Gasteiger partial charge on any atom is -1.00 e. The number of H-pyrrole nitrogens is 1. The molecule has 20 heavy (non-hydrogen) atoms. The first-order valence-electron chi connectivity index (χ1n) is 6.17. The van der Waals surface area contributed by atoms with Crippen LogP contribution < -0.4 is 51.4 Å². The molecule has 1 aliphatic carbocycles. The van der Waals surface area contributed by atoms with E-state index in [2.05, 4.69) is 4.98 Å². The van der Waals surface area contributed by atoms with Gasteiger partial charge >= 0.3 is 51.4 Å². The number of hydrogen-bond donors (Lipinski definition) is 2. The maximum absolute atomic E-state index is 11.8. The smallest absolute Gasteiger partial charge is 1.00 e. The molecule has 1 aromatic heterocycles. The molecule has 0 saturated heterocycles. The van der Waals surface area contributed by atoms with Gasteiger partial charge in [0.25, 0.3) is 0 Å². The van der Waals surface area contributed by atoms with Gasteiger partial charge in [-0.2, -0.15) is 0 Å². The third-order valence-electron chi connectivity index (χ3n) is 3.66. The number of benzene rings is 1. The van der Waals surface area contributed by atoms with Crippen molar-refractivity contribution in [2.75, 3.05) is 0 Å². The Labute approximate surface area is 160 Å². The summed E-state index contributed by atoms with van der Waals surface area (Å²) < 4.78 is 0. The van der Waals surface area contributed by atoms with Crippen LogP contribution in [-0.4, -0.2) is 21.7 Å². The number of hydrogen-bond acceptors (Lipinski definition) is 3. The number of aromatic amines is 1. The number of ketones is 2. The van der Waals surface area contributed by atoms with Gasteiger partial charge in [-0.05, 0) is 23.6 Å². The largest absolute Gasteiger partial charge is 1.00 e. The molecular formula is C15H14KNO3. The predicted molar refractivity (Wildman–Crippen MR) is 72.1 cm³/mol. The molecule has 5 heteroatoms. The zero-order valence-corrected chi connectivity index (χ0v) is 14.3. The van der Waals surface area contributed by atoms with E-state index < -0.39 is 0 Å². The second-order valence-electron chi connectivity index (χ2n) is 4.78. The maximum atomic E-state index is 11.8. The molecule has 0 amide bonds. The summed E-state index contributed by atoms with van der Waals surface area (Å²) in [7, 11) is 0. The average molecular weight is 295 g/mol. The first-order valence-corrected chi connectivity index (χ1v) is 6.17. The summed E-state index contributed by atoms with van der Waals surface area (Å²) in [5.74, 6) is -0.671. The van der Waals surface area contributed by atoms with Crippen molar-refractivity contribution < 1.29 is 67.5 Å². The van der Waals surface area contributed by atoms with Crippen LogP contribution in [0.15, 0.2) is 42.3 Å². The van der Waals surface area contributed by atoms with Crippen LogP contribution in [0.1, 0.15) is 25.7 Å². The van der Waals surface area contributed by atoms with Crippen molar-refractivity contribution in [3.63, 3.8) is 0 Å². The van der Waals surface area contributed by atoms with Crippen molar-refractivity contribution in [1.82, 2.24) is 4.98 Å². The fourth-order valence-corrected chi connectivity index (χ4v) is 2.72. The van der Waals surface area contributed by atoms with Gasteiger partial charge in [0.2, 0.25) is 0 Å². The summed E-state index contributed by atoms with van der Waals surface area (Å²) in [4.78, 5) is 26.8. The van der Waals surface area contributed by atoms with E-state index in [9.17, 15) is 9.59 Å². The third kappa shape index (κ3) is 2.69. The Kier molecular flexibility index (Phi) is 4.98. The number of carbonyl (C=O) groups is 2. The van der Waals surface area contributed by atoms with Crippen LogP contribution in [0.5, 0.6) is 0 Å². The summed E-state index contributed by atoms with van der Waals surface area (Å²) in [5, 5.41) is 9.96. The van der Waals surface area contributed by atoms with E-state index in [0.29, 0.717) is 6.26 Å². The molecule has 0 spiro atoms. The van der Waals surface area contributed by atoms with Crippen LogP contribution in [0.3, 0.4) is 0 Å². The van der Waals surface area contributed by atoms with E-state index >= 15 is 0 Å². The van der Waals surface area contributed by atoms with Crippen LogP contribution >= 0.6 is 0 Å². The van der Waals surface area contributed by atoms with E-state index in [1.165, 1.54) is 0 Å². The van der Waals surface area contributed by atoms with Crippen molar-refractivity contribution in [1.29, 1.82) is 0 Å². The molecule has 1 saturated carbocycles. The number of fused-ring (bicyclic) bond motifs is 1. The molecule has 2 aromatic rings. The molecular weight excluding hydrogens is 281 g/mol. The van der Waals surface area contributed by atoms with Gasteiger partial charge in [-0.25, -0.2) is 0 Å². The van der Waals surface area contributed by atoms with Crippen molar-refractivity contribution in [3.05, 3.63) is 47.9 Å². The van der Waals surface area contributed by atoms with Gasteiger partial charge in [0, 0.05) is 29.9 Å². The monoisotopic (exact) mass is 295 g/mol. The van der Waals surface area contributed by atoms with Crippen molar-refractivity contribution in [2.24, 2.45) is 0 Å². The number of carbonyl (C=O) groups excluding carboxylic acids is 2. The second kappa shape index (κ2) is 6.36. The Morgan fingerprint density at radius 2 is 1.90 bits per heavy atom. The van der Waals surface area contributed by atoms with Crippen LogP contribution in [0.4, 0.5) is 0 Å². The molecule has 1 heterocycles. The van der Waals surface area contributed by atoms with E-state index in [-0.39, 0.29) is 88.7 Å². The van der Waals surface area contributed by atoms with Gasteiger partial charge < -0.3 is 11.5 Å². The minimum atomic E-state index is -0.281. The molecule has 3 rings (SSSR count). The molecule has 4 nitrogen and oxygen atoms in total. The van der Waals surface area contributed by atoms with Gasteiger partial charge in [-0.15, -0.1) is 0 Å². The molecule has 0 atom stereocenters. The first kappa shape index (κ1) is 15.7. The number of aliphatic hydroxyl groups excluding tert-OH is 1. The third-order valence-corrected chi connectivity index (χ3v) is 3.66. The van der Waals surface area contributed by atoms with Gasteiger partial charge in [0.15, 0.2) is 11.6 Å². The van der Waals surface area contributed by atoms with Crippen molar-refractivity contribution in [3.8, 4) is 0 Å². The maximum Gasteiger partial charge on any atom is 1.00 e. The number of nitrogens with one attached hydrogen (secondary N) is 1. The summed E-state index contributed by atoms with van der Waals surface area (Å²) in [6, 6.07) is 7.79.